The highest BCUT2D eigenvalue weighted by atomic mass is 14.5. The van der Waals surface area contributed by atoms with Gasteiger partial charge in [-0.1, -0.05) is 215 Å². The minimum Gasteiger partial charge on any atom is -0.0672 e. The van der Waals surface area contributed by atoms with E-state index in [1.807, 2.05) is 0 Å². The molecule has 260 valence electrons. The molecule has 2 unspecified atom stereocenters. The molecule has 0 N–H and O–H groups in total. The highest BCUT2D eigenvalue weighted by molar-refractivity contribution is 6.10. The van der Waals surface area contributed by atoms with Crippen LogP contribution in [0.1, 0.15) is 103 Å². The van der Waals surface area contributed by atoms with Crippen LogP contribution in [0.15, 0.2) is 176 Å². The molecule has 0 aromatic heterocycles. The van der Waals surface area contributed by atoms with Crippen LogP contribution in [0, 0.1) is 0 Å². The van der Waals surface area contributed by atoms with Gasteiger partial charge >= 0.3 is 0 Å². The predicted molar refractivity (Wildman–Crippen MR) is 223 cm³/mol. The molecule has 2 atom stereocenters. The Hall–Kier alpha value is -5.20. The Balaban J connectivity index is 1.57. The van der Waals surface area contributed by atoms with E-state index in [1.54, 1.807) is 0 Å². The normalized spacial score (nSPS) is 17.2. The van der Waals surface area contributed by atoms with Crippen LogP contribution in [0.2, 0.25) is 0 Å². The first kappa shape index (κ1) is 35.2. The zero-order valence-corrected chi connectivity index (χ0v) is 31.0. The van der Waals surface area contributed by atoms with Gasteiger partial charge in [0.15, 0.2) is 0 Å². The van der Waals surface area contributed by atoms with E-state index in [1.165, 1.54) is 99.8 Å². The third-order valence-electron chi connectivity index (χ3n) is 11.0. The highest BCUT2D eigenvalue weighted by Crippen LogP contribution is 2.61. The van der Waals surface area contributed by atoms with E-state index >= 15 is 0 Å². The SMILES string of the molecule is CCCCCc1ccc(C2C=C(c3ccccc3)C(c3ccccc3)(c3ccc(CCCCC)cc3)C(c3ccccc3)=C2c2ccccc2)cc1. The second-order valence-electron chi connectivity index (χ2n) is 14.4. The molecule has 0 heterocycles. The summed E-state index contributed by atoms with van der Waals surface area (Å²) in [5, 5.41) is 0. The van der Waals surface area contributed by atoms with Gasteiger partial charge in [-0.3, -0.25) is 0 Å². The van der Waals surface area contributed by atoms with Gasteiger partial charge in [-0.05, 0) is 86.9 Å². The van der Waals surface area contributed by atoms with Crippen molar-refractivity contribution in [3.63, 3.8) is 0 Å². The number of unbranched alkanes of at least 4 members (excludes halogenated alkanes) is 4. The third-order valence-corrected chi connectivity index (χ3v) is 11.0. The van der Waals surface area contributed by atoms with Crippen LogP contribution in [0.3, 0.4) is 0 Å². The van der Waals surface area contributed by atoms with E-state index in [-0.39, 0.29) is 5.92 Å². The largest absolute Gasteiger partial charge is 0.0713 e. The molecule has 0 radical (unpaired) electrons. The summed E-state index contributed by atoms with van der Waals surface area (Å²) in [5.74, 6) is 0.0441. The number of allylic oxidation sites excluding steroid dienone is 4. The highest BCUT2D eigenvalue weighted by Gasteiger charge is 2.48. The molecule has 0 heteroatoms. The molecular weight excluding hydrogens is 625 g/mol. The van der Waals surface area contributed by atoms with Gasteiger partial charge in [0.25, 0.3) is 0 Å². The summed E-state index contributed by atoms with van der Waals surface area (Å²) in [5.41, 5.74) is 13.9. The smallest absolute Gasteiger partial charge is 0.0672 e. The molecule has 0 saturated carbocycles. The van der Waals surface area contributed by atoms with Gasteiger partial charge in [0, 0.05) is 5.92 Å². The number of rotatable bonds is 14. The molecule has 6 aromatic carbocycles. The molecule has 6 aromatic rings. The maximum absolute atomic E-state index is 2.61. The monoisotopic (exact) mass is 676 g/mol. The third kappa shape index (κ3) is 7.26. The fraction of sp³-hybridized carbons (Fsp3) is 0.231. The molecule has 0 aliphatic heterocycles. The molecule has 0 saturated heterocycles. The first-order valence-corrected chi connectivity index (χ1v) is 19.6. The first-order valence-electron chi connectivity index (χ1n) is 19.6. The lowest BCUT2D eigenvalue weighted by Gasteiger charge is -2.46. The van der Waals surface area contributed by atoms with Crippen LogP contribution in [0.25, 0.3) is 16.7 Å². The van der Waals surface area contributed by atoms with Crippen molar-refractivity contribution in [1.82, 2.24) is 0 Å². The van der Waals surface area contributed by atoms with Crippen molar-refractivity contribution >= 4 is 16.7 Å². The summed E-state index contributed by atoms with van der Waals surface area (Å²) in [4.78, 5) is 0. The number of hydrogen-bond acceptors (Lipinski definition) is 0. The standard InChI is InChI=1S/C52H52/c1-3-5-11-21-40-31-35-42(36-32-40)48-39-49(43-23-13-7-14-24-43)52(46-29-19-10-20-30-46,47-37-33-41(34-38-47)22-12-6-4-2)51(45-27-17-9-18-28-45)50(48)44-25-15-8-16-26-44/h7-10,13-20,23-39,48H,3-6,11-12,21-22H2,1-2H3. The summed E-state index contributed by atoms with van der Waals surface area (Å²) in [7, 11) is 0. The molecule has 1 aliphatic carbocycles. The molecule has 0 bridgehead atoms. The van der Waals surface area contributed by atoms with Gasteiger partial charge in [0.1, 0.15) is 0 Å². The zero-order valence-electron chi connectivity index (χ0n) is 31.0. The zero-order chi connectivity index (χ0) is 35.6. The minimum atomic E-state index is -0.590. The Morgan fingerprint density at radius 1 is 0.423 bits per heavy atom. The first-order chi connectivity index (χ1) is 25.7. The number of benzene rings is 6. The van der Waals surface area contributed by atoms with Gasteiger partial charge < -0.3 is 0 Å². The quantitative estimate of drug-likeness (QED) is 0.101. The Morgan fingerprint density at radius 3 is 1.38 bits per heavy atom. The number of aryl methyl sites for hydroxylation is 2. The van der Waals surface area contributed by atoms with E-state index < -0.39 is 5.41 Å². The summed E-state index contributed by atoms with van der Waals surface area (Å²) in [6.45, 7) is 4.56. The maximum atomic E-state index is 2.61. The Bertz CT molecular complexity index is 2050. The van der Waals surface area contributed by atoms with Gasteiger partial charge in [0.05, 0.1) is 5.41 Å². The molecule has 0 amide bonds. The molecule has 1 aliphatic rings. The van der Waals surface area contributed by atoms with Crippen LogP contribution in [-0.4, -0.2) is 0 Å². The molecule has 7 rings (SSSR count). The molecular formula is C52H52. The molecule has 0 nitrogen and oxygen atoms in total. The van der Waals surface area contributed by atoms with Crippen LogP contribution in [-0.2, 0) is 18.3 Å². The predicted octanol–water partition coefficient (Wildman–Crippen LogP) is 13.9. The van der Waals surface area contributed by atoms with Gasteiger partial charge in [-0.25, -0.2) is 0 Å². The molecule has 0 fully saturated rings. The molecule has 0 spiro atoms. The van der Waals surface area contributed by atoms with Crippen molar-refractivity contribution in [2.75, 3.05) is 0 Å². The summed E-state index contributed by atoms with van der Waals surface area (Å²) in [6.07, 6.45) is 12.3. The Kier molecular flexibility index (Phi) is 11.4. The van der Waals surface area contributed by atoms with Crippen molar-refractivity contribution in [2.45, 2.75) is 76.5 Å². The maximum Gasteiger partial charge on any atom is 0.0713 e. The van der Waals surface area contributed by atoms with Gasteiger partial charge in [-0.15, -0.1) is 0 Å². The van der Waals surface area contributed by atoms with E-state index in [2.05, 4.69) is 190 Å². The van der Waals surface area contributed by atoms with E-state index in [9.17, 15) is 0 Å². The van der Waals surface area contributed by atoms with E-state index in [0.717, 1.165) is 12.8 Å². The fourth-order valence-electron chi connectivity index (χ4n) is 8.40. The lowest BCUT2D eigenvalue weighted by atomic mass is 9.55. The lowest BCUT2D eigenvalue weighted by molar-refractivity contribution is 0.716. The van der Waals surface area contributed by atoms with E-state index in [0.29, 0.717) is 0 Å². The van der Waals surface area contributed by atoms with Crippen LogP contribution in [0.4, 0.5) is 0 Å². The van der Waals surface area contributed by atoms with Crippen molar-refractivity contribution in [3.8, 4) is 0 Å². The topological polar surface area (TPSA) is 0 Å². The van der Waals surface area contributed by atoms with Gasteiger partial charge in [-0.2, -0.15) is 0 Å². The Morgan fingerprint density at radius 2 is 0.865 bits per heavy atom. The van der Waals surface area contributed by atoms with Crippen LogP contribution in [0.5, 0.6) is 0 Å². The molecule has 52 heavy (non-hydrogen) atoms. The average Bonchev–Trinajstić information content (AvgIpc) is 3.22. The Labute approximate surface area is 312 Å². The van der Waals surface area contributed by atoms with E-state index in [4.69, 9.17) is 0 Å². The van der Waals surface area contributed by atoms with Crippen molar-refractivity contribution in [1.29, 1.82) is 0 Å². The average molecular weight is 677 g/mol. The lowest BCUT2D eigenvalue weighted by Crippen LogP contribution is -2.35. The van der Waals surface area contributed by atoms with Crippen molar-refractivity contribution in [3.05, 3.63) is 220 Å². The van der Waals surface area contributed by atoms with Crippen molar-refractivity contribution < 1.29 is 0 Å². The summed E-state index contributed by atoms with van der Waals surface area (Å²) >= 11 is 0. The van der Waals surface area contributed by atoms with Gasteiger partial charge in [0.2, 0.25) is 0 Å². The second-order valence-corrected chi connectivity index (χ2v) is 14.4. The van der Waals surface area contributed by atoms with Crippen LogP contribution < -0.4 is 0 Å². The summed E-state index contributed by atoms with van der Waals surface area (Å²) < 4.78 is 0. The second kappa shape index (κ2) is 16.9. The minimum absolute atomic E-state index is 0.0441. The summed E-state index contributed by atoms with van der Waals surface area (Å²) in [6, 6.07) is 64.0. The van der Waals surface area contributed by atoms with Crippen LogP contribution >= 0.6 is 0 Å². The number of hydrogen-bond donors (Lipinski definition) is 0. The van der Waals surface area contributed by atoms with Crippen molar-refractivity contribution in [2.24, 2.45) is 0 Å². The fourth-order valence-corrected chi connectivity index (χ4v) is 8.40.